The molecular formula is C30H29FN2O4. The number of aliphatic hydroxyl groups excluding tert-OH is 1. The van der Waals surface area contributed by atoms with Crippen LogP contribution >= 0.6 is 0 Å². The lowest BCUT2D eigenvalue weighted by Gasteiger charge is -2.26. The van der Waals surface area contributed by atoms with Crippen LogP contribution in [0.4, 0.5) is 15.8 Å². The van der Waals surface area contributed by atoms with Crippen molar-refractivity contribution in [1.29, 1.82) is 0 Å². The van der Waals surface area contributed by atoms with Crippen molar-refractivity contribution in [2.75, 3.05) is 22.9 Å². The third-order valence-corrected chi connectivity index (χ3v) is 6.74. The quantitative estimate of drug-likeness (QED) is 0.262. The normalized spacial score (nSPS) is 19.2. The van der Waals surface area contributed by atoms with Crippen molar-refractivity contribution in [2.45, 2.75) is 38.8 Å². The van der Waals surface area contributed by atoms with Crippen molar-refractivity contribution in [3.8, 4) is 5.75 Å². The second-order valence-electron chi connectivity index (χ2n) is 9.59. The number of halogens is 1. The van der Waals surface area contributed by atoms with Gasteiger partial charge in [0.2, 0.25) is 0 Å². The Balaban J connectivity index is 1.59. The van der Waals surface area contributed by atoms with Crippen LogP contribution in [0.3, 0.4) is 0 Å². The third-order valence-electron chi connectivity index (χ3n) is 6.74. The smallest absolute Gasteiger partial charge is 0.300 e. The predicted molar refractivity (Wildman–Crippen MR) is 141 cm³/mol. The van der Waals surface area contributed by atoms with Crippen LogP contribution in [-0.4, -0.2) is 36.0 Å². The minimum Gasteiger partial charge on any atom is -0.507 e. The minimum atomic E-state index is -1.12. The fourth-order valence-electron chi connectivity index (χ4n) is 5.01. The highest BCUT2D eigenvalue weighted by Crippen LogP contribution is 2.43. The number of ketones is 1. The van der Waals surface area contributed by atoms with Crippen LogP contribution in [0.25, 0.3) is 5.76 Å². The number of hydrogen-bond donors (Lipinski definition) is 1. The van der Waals surface area contributed by atoms with E-state index in [1.165, 1.54) is 17.0 Å². The Kier molecular flexibility index (Phi) is 6.70. The molecule has 37 heavy (non-hydrogen) atoms. The molecule has 0 bridgehead atoms. The highest BCUT2D eigenvalue weighted by molar-refractivity contribution is 6.51. The fraction of sp³-hybridized carbons (Fsp3) is 0.267. The standard InChI is InChI=1S/C30H29FN2O4/c1-19(2)37-23-15-9-20(10-16-23)28(34)26-27(24-7-3-4-8-25(24)31)33(30(36)29(26)35)22-13-11-21(12-14-22)32-17-5-6-18-32/h3-4,7-16,19,27,34H,5-6,17-18H2,1-2H3/b28-26+. The topological polar surface area (TPSA) is 70.1 Å². The molecule has 5 rings (SSSR count). The van der Waals surface area contributed by atoms with E-state index in [0.717, 1.165) is 31.6 Å². The SMILES string of the molecule is CC(C)Oc1ccc(/C(O)=C2\C(=O)C(=O)N(c3ccc(N4CCCC4)cc3)C2c2ccccc2F)cc1. The molecule has 1 amide bonds. The molecule has 2 aliphatic heterocycles. The van der Waals surface area contributed by atoms with E-state index in [4.69, 9.17) is 4.74 Å². The van der Waals surface area contributed by atoms with E-state index < -0.39 is 23.5 Å². The average Bonchev–Trinajstić information content (AvgIpc) is 3.52. The van der Waals surface area contributed by atoms with Crippen molar-refractivity contribution < 1.29 is 23.8 Å². The molecule has 2 saturated heterocycles. The van der Waals surface area contributed by atoms with Gasteiger partial charge in [-0.15, -0.1) is 0 Å². The van der Waals surface area contributed by atoms with Crippen LogP contribution in [0.15, 0.2) is 78.4 Å². The molecule has 2 fully saturated rings. The zero-order valence-corrected chi connectivity index (χ0v) is 20.9. The second kappa shape index (κ2) is 10.1. The van der Waals surface area contributed by atoms with Gasteiger partial charge in [0.25, 0.3) is 11.7 Å². The maximum atomic E-state index is 15.1. The molecule has 0 aromatic heterocycles. The van der Waals surface area contributed by atoms with Crippen LogP contribution in [0, 0.1) is 5.82 Å². The number of nitrogens with zero attached hydrogens (tertiary/aromatic N) is 2. The third kappa shape index (κ3) is 4.69. The van der Waals surface area contributed by atoms with Gasteiger partial charge < -0.3 is 14.7 Å². The van der Waals surface area contributed by atoms with Crippen molar-refractivity contribution >= 4 is 28.8 Å². The molecule has 1 unspecified atom stereocenters. The van der Waals surface area contributed by atoms with Crippen molar-refractivity contribution in [2.24, 2.45) is 0 Å². The molecule has 0 spiro atoms. The number of hydrogen-bond acceptors (Lipinski definition) is 5. The van der Waals surface area contributed by atoms with Crippen LogP contribution in [0.5, 0.6) is 5.75 Å². The van der Waals surface area contributed by atoms with E-state index in [1.807, 2.05) is 26.0 Å². The largest absolute Gasteiger partial charge is 0.507 e. The zero-order valence-electron chi connectivity index (χ0n) is 20.9. The maximum Gasteiger partial charge on any atom is 0.300 e. The minimum absolute atomic E-state index is 0.0253. The molecule has 0 aliphatic carbocycles. The monoisotopic (exact) mass is 500 g/mol. The van der Waals surface area contributed by atoms with Crippen LogP contribution in [0.1, 0.15) is 43.9 Å². The molecule has 1 atom stereocenters. The van der Waals surface area contributed by atoms with Crippen LogP contribution in [0.2, 0.25) is 0 Å². The Hall–Kier alpha value is -4.13. The summed E-state index contributed by atoms with van der Waals surface area (Å²) in [5, 5.41) is 11.3. The van der Waals surface area contributed by atoms with Gasteiger partial charge in [0.15, 0.2) is 0 Å². The Morgan fingerprint density at radius 2 is 1.54 bits per heavy atom. The molecule has 7 heteroatoms. The van der Waals surface area contributed by atoms with Gasteiger partial charge in [-0.2, -0.15) is 0 Å². The summed E-state index contributed by atoms with van der Waals surface area (Å²) in [6.07, 6.45) is 2.24. The Labute approximate surface area is 215 Å². The van der Waals surface area contributed by atoms with Gasteiger partial charge in [0, 0.05) is 35.6 Å². The second-order valence-corrected chi connectivity index (χ2v) is 9.59. The first-order valence-electron chi connectivity index (χ1n) is 12.5. The maximum absolute atomic E-state index is 15.1. The van der Waals surface area contributed by atoms with Gasteiger partial charge in [-0.3, -0.25) is 14.5 Å². The summed E-state index contributed by atoms with van der Waals surface area (Å²) in [7, 11) is 0. The van der Waals surface area contributed by atoms with Gasteiger partial charge in [-0.05, 0) is 81.3 Å². The van der Waals surface area contributed by atoms with Crippen LogP contribution < -0.4 is 14.5 Å². The molecular weight excluding hydrogens is 471 g/mol. The van der Waals surface area contributed by atoms with E-state index in [9.17, 15) is 14.7 Å². The lowest BCUT2D eigenvalue weighted by Crippen LogP contribution is -2.30. The molecule has 6 nitrogen and oxygen atoms in total. The number of anilines is 2. The molecule has 1 N–H and O–H groups in total. The molecule has 190 valence electrons. The number of aliphatic hydroxyl groups is 1. The Bertz CT molecular complexity index is 1340. The van der Waals surface area contributed by atoms with Gasteiger partial charge in [-0.25, -0.2) is 4.39 Å². The number of carbonyl (C=O) groups excluding carboxylic acids is 2. The zero-order chi connectivity index (χ0) is 26.1. The first-order chi connectivity index (χ1) is 17.8. The van der Waals surface area contributed by atoms with Crippen LogP contribution in [-0.2, 0) is 9.59 Å². The lowest BCUT2D eigenvalue weighted by atomic mass is 9.94. The number of amides is 1. The van der Waals surface area contributed by atoms with Crippen molar-refractivity contribution in [3.05, 3.63) is 95.3 Å². The molecule has 2 heterocycles. The van der Waals surface area contributed by atoms with E-state index in [0.29, 0.717) is 17.0 Å². The predicted octanol–water partition coefficient (Wildman–Crippen LogP) is 5.84. The summed E-state index contributed by atoms with van der Waals surface area (Å²) >= 11 is 0. The summed E-state index contributed by atoms with van der Waals surface area (Å²) < 4.78 is 20.8. The summed E-state index contributed by atoms with van der Waals surface area (Å²) in [4.78, 5) is 30.2. The molecule has 0 radical (unpaired) electrons. The number of ether oxygens (including phenoxy) is 1. The number of benzene rings is 3. The number of rotatable bonds is 6. The summed E-state index contributed by atoms with van der Waals surface area (Å²) in [6, 6.07) is 18.8. The van der Waals surface area contributed by atoms with E-state index >= 15 is 4.39 Å². The first-order valence-corrected chi connectivity index (χ1v) is 12.5. The lowest BCUT2D eigenvalue weighted by molar-refractivity contribution is -0.132. The first kappa shape index (κ1) is 24.6. The van der Waals surface area contributed by atoms with E-state index in [-0.39, 0.29) is 23.0 Å². The molecule has 2 aliphatic rings. The van der Waals surface area contributed by atoms with Gasteiger partial charge in [-0.1, -0.05) is 18.2 Å². The molecule has 0 saturated carbocycles. The Morgan fingerprint density at radius 1 is 0.919 bits per heavy atom. The highest BCUT2D eigenvalue weighted by atomic mass is 19.1. The molecule has 3 aromatic rings. The van der Waals surface area contributed by atoms with Crippen molar-refractivity contribution in [1.82, 2.24) is 0 Å². The summed E-state index contributed by atoms with van der Waals surface area (Å²) in [5.74, 6) is -2.00. The highest BCUT2D eigenvalue weighted by Gasteiger charge is 2.47. The van der Waals surface area contributed by atoms with Gasteiger partial charge in [0.1, 0.15) is 17.3 Å². The van der Waals surface area contributed by atoms with Gasteiger partial charge >= 0.3 is 0 Å². The van der Waals surface area contributed by atoms with Gasteiger partial charge in [0.05, 0.1) is 17.7 Å². The fourth-order valence-corrected chi connectivity index (χ4v) is 5.01. The Morgan fingerprint density at radius 3 is 2.16 bits per heavy atom. The van der Waals surface area contributed by atoms with Crippen molar-refractivity contribution in [3.63, 3.8) is 0 Å². The molecule has 3 aromatic carbocycles. The summed E-state index contributed by atoms with van der Waals surface area (Å²) in [6.45, 7) is 5.75. The average molecular weight is 501 g/mol. The number of carbonyl (C=O) groups is 2. The van der Waals surface area contributed by atoms with E-state index in [2.05, 4.69) is 4.90 Å². The summed E-state index contributed by atoms with van der Waals surface area (Å²) in [5.41, 5.74) is 1.80. The van der Waals surface area contributed by atoms with E-state index in [1.54, 1.807) is 48.5 Å². The number of Topliss-reactive ketones (excluding diaryl/α,β-unsaturated/α-hetero) is 1.